The van der Waals surface area contributed by atoms with E-state index in [2.05, 4.69) is 9.97 Å². The molecule has 136 valence electrons. The smallest absolute Gasteiger partial charge is 0.222 e. The minimum atomic E-state index is -0.0195. The standard InChI is InChI=1S/C20H19N5O2/c1-12-5-3-6-13(9-12)11-27-18-14(7-4-8-16(18)26-2)17-15(10-21)19(22)25-20(23)24-17/h3-9H,11H2,1-2H3,(H4,22,23,24,25). The molecule has 0 spiro atoms. The van der Waals surface area contributed by atoms with Crippen LogP contribution in [-0.4, -0.2) is 17.1 Å². The third kappa shape index (κ3) is 3.75. The Kier molecular flexibility index (Phi) is 5.08. The first-order valence-corrected chi connectivity index (χ1v) is 8.22. The molecule has 3 aromatic rings. The first-order valence-electron chi connectivity index (χ1n) is 8.22. The zero-order valence-corrected chi connectivity index (χ0v) is 15.1. The fourth-order valence-corrected chi connectivity index (χ4v) is 2.77. The van der Waals surface area contributed by atoms with Gasteiger partial charge in [-0.1, -0.05) is 35.9 Å². The number of nitrogen functional groups attached to an aromatic ring is 2. The number of nitriles is 1. The average Bonchev–Trinajstić information content (AvgIpc) is 2.65. The molecule has 7 heteroatoms. The lowest BCUT2D eigenvalue weighted by molar-refractivity contribution is 0.285. The summed E-state index contributed by atoms with van der Waals surface area (Å²) < 4.78 is 11.5. The molecule has 0 saturated carbocycles. The first kappa shape index (κ1) is 18.0. The van der Waals surface area contributed by atoms with Crippen LogP contribution in [-0.2, 0) is 6.61 Å². The number of aryl methyl sites for hydroxylation is 1. The highest BCUT2D eigenvalue weighted by Gasteiger charge is 2.20. The number of aromatic nitrogens is 2. The predicted molar refractivity (Wildman–Crippen MR) is 103 cm³/mol. The molecular formula is C20H19N5O2. The number of para-hydroxylation sites is 1. The van der Waals surface area contributed by atoms with E-state index in [-0.39, 0.29) is 17.3 Å². The van der Waals surface area contributed by atoms with Crippen molar-refractivity contribution < 1.29 is 9.47 Å². The van der Waals surface area contributed by atoms with Gasteiger partial charge >= 0.3 is 0 Å². The molecular weight excluding hydrogens is 342 g/mol. The van der Waals surface area contributed by atoms with Gasteiger partial charge in [-0.25, -0.2) is 4.98 Å². The van der Waals surface area contributed by atoms with Crippen molar-refractivity contribution in [1.82, 2.24) is 9.97 Å². The van der Waals surface area contributed by atoms with Crippen molar-refractivity contribution >= 4 is 11.8 Å². The normalized spacial score (nSPS) is 10.3. The number of benzene rings is 2. The van der Waals surface area contributed by atoms with Crippen molar-refractivity contribution in [2.45, 2.75) is 13.5 Å². The molecule has 0 saturated heterocycles. The highest BCUT2D eigenvalue weighted by atomic mass is 16.5. The monoisotopic (exact) mass is 361 g/mol. The Labute approximate surface area is 157 Å². The summed E-state index contributed by atoms with van der Waals surface area (Å²) in [5.41, 5.74) is 14.7. The molecule has 0 unspecified atom stereocenters. The Balaban J connectivity index is 2.09. The fourth-order valence-electron chi connectivity index (χ4n) is 2.77. The van der Waals surface area contributed by atoms with Crippen LogP contribution in [0.4, 0.5) is 11.8 Å². The van der Waals surface area contributed by atoms with Crippen molar-refractivity contribution in [1.29, 1.82) is 5.26 Å². The second-order valence-electron chi connectivity index (χ2n) is 5.92. The van der Waals surface area contributed by atoms with Gasteiger partial charge in [0.1, 0.15) is 24.1 Å². The van der Waals surface area contributed by atoms with Gasteiger partial charge in [-0.2, -0.15) is 10.2 Å². The summed E-state index contributed by atoms with van der Waals surface area (Å²) in [7, 11) is 1.55. The maximum absolute atomic E-state index is 9.48. The van der Waals surface area contributed by atoms with Crippen LogP contribution in [0.2, 0.25) is 0 Å². The molecule has 0 bridgehead atoms. The van der Waals surface area contributed by atoms with Gasteiger partial charge in [0.15, 0.2) is 11.5 Å². The third-order valence-corrected chi connectivity index (χ3v) is 3.99. The van der Waals surface area contributed by atoms with E-state index < -0.39 is 0 Å². The van der Waals surface area contributed by atoms with Crippen LogP contribution in [0.5, 0.6) is 11.5 Å². The van der Waals surface area contributed by atoms with Crippen molar-refractivity contribution in [2.75, 3.05) is 18.6 Å². The van der Waals surface area contributed by atoms with E-state index in [1.165, 1.54) is 0 Å². The van der Waals surface area contributed by atoms with Crippen LogP contribution in [0, 0.1) is 18.3 Å². The SMILES string of the molecule is COc1cccc(-c2nc(N)nc(N)c2C#N)c1OCc1cccc(C)c1. The quantitative estimate of drug-likeness (QED) is 0.716. The van der Waals surface area contributed by atoms with Gasteiger partial charge in [-0.15, -0.1) is 0 Å². The van der Waals surface area contributed by atoms with Crippen molar-refractivity contribution in [3.8, 4) is 28.8 Å². The Morgan fingerprint density at radius 1 is 1.11 bits per heavy atom. The molecule has 2 aromatic carbocycles. The summed E-state index contributed by atoms with van der Waals surface area (Å²) in [5, 5.41) is 9.48. The number of nitrogens with two attached hydrogens (primary N) is 2. The van der Waals surface area contributed by atoms with Crippen LogP contribution in [0.3, 0.4) is 0 Å². The summed E-state index contributed by atoms with van der Waals surface area (Å²) in [5.74, 6) is 0.969. The number of anilines is 2. The highest BCUT2D eigenvalue weighted by Crippen LogP contribution is 2.40. The van der Waals surface area contributed by atoms with Gasteiger partial charge in [-0.05, 0) is 24.6 Å². The van der Waals surface area contributed by atoms with E-state index in [0.29, 0.717) is 29.4 Å². The minimum absolute atomic E-state index is 0.0195. The van der Waals surface area contributed by atoms with E-state index in [1.54, 1.807) is 25.3 Å². The molecule has 0 amide bonds. The Bertz CT molecular complexity index is 1030. The maximum atomic E-state index is 9.48. The minimum Gasteiger partial charge on any atom is -0.493 e. The van der Waals surface area contributed by atoms with E-state index in [9.17, 15) is 5.26 Å². The van der Waals surface area contributed by atoms with Crippen LogP contribution in [0.15, 0.2) is 42.5 Å². The molecule has 0 aliphatic heterocycles. The number of hydrogen-bond acceptors (Lipinski definition) is 7. The van der Waals surface area contributed by atoms with E-state index in [1.807, 2.05) is 37.3 Å². The molecule has 1 aromatic heterocycles. The molecule has 7 nitrogen and oxygen atoms in total. The first-order chi connectivity index (χ1) is 13.0. The zero-order chi connectivity index (χ0) is 19.4. The molecule has 0 radical (unpaired) electrons. The highest BCUT2D eigenvalue weighted by molar-refractivity contribution is 5.79. The lowest BCUT2D eigenvalue weighted by Crippen LogP contribution is -2.06. The van der Waals surface area contributed by atoms with E-state index in [4.69, 9.17) is 20.9 Å². The lowest BCUT2D eigenvalue weighted by Gasteiger charge is -2.16. The number of hydrogen-bond donors (Lipinski definition) is 2. The molecule has 0 atom stereocenters. The summed E-state index contributed by atoms with van der Waals surface area (Å²) in [4.78, 5) is 8.06. The average molecular weight is 361 g/mol. The Hall–Kier alpha value is -3.79. The Morgan fingerprint density at radius 2 is 1.89 bits per heavy atom. The topological polar surface area (TPSA) is 120 Å². The van der Waals surface area contributed by atoms with E-state index >= 15 is 0 Å². The summed E-state index contributed by atoms with van der Waals surface area (Å²) in [6.07, 6.45) is 0. The predicted octanol–water partition coefficient (Wildman–Crippen LogP) is 3.08. The molecule has 1 heterocycles. The van der Waals surface area contributed by atoms with Gasteiger partial charge in [-0.3, -0.25) is 0 Å². The van der Waals surface area contributed by atoms with Gasteiger partial charge in [0.05, 0.1) is 12.8 Å². The number of methoxy groups -OCH3 is 1. The zero-order valence-electron chi connectivity index (χ0n) is 15.1. The van der Waals surface area contributed by atoms with Crippen LogP contribution in [0.1, 0.15) is 16.7 Å². The number of nitrogens with zero attached hydrogens (tertiary/aromatic N) is 3. The summed E-state index contributed by atoms with van der Waals surface area (Å²) >= 11 is 0. The largest absolute Gasteiger partial charge is 0.493 e. The van der Waals surface area contributed by atoms with Gasteiger partial charge in [0, 0.05) is 5.56 Å². The summed E-state index contributed by atoms with van der Waals surface area (Å²) in [6, 6.07) is 15.4. The molecule has 3 rings (SSSR count). The summed E-state index contributed by atoms with van der Waals surface area (Å²) in [6.45, 7) is 2.34. The fraction of sp³-hybridized carbons (Fsp3) is 0.150. The number of ether oxygens (including phenoxy) is 2. The molecule has 0 fully saturated rings. The van der Waals surface area contributed by atoms with Gasteiger partial charge in [0.2, 0.25) is 5.95 Å². The molecule has 0 aliphatic carbocycles. The molecule has 27 heavy (non-hydrogen) atoms. The maximum Gasteiger partial charge on any atom is 0.222 e. The second kappa shape index (κ2) is 7.62. The molecule has 4 N–H and O–H groups in total. The van der Waals surface area contributed by atoms with E-state index in [0.717, 1.165) is 11.1 Å². The lowest BCUT2D eigenvalue weighted by atomic mass is 10.1. The van der Waals surface area contributed by atoms with Crippen molar-refractivity contribution in [3.63, 3.8) is 0 Å². The molecule has 0 aliphatic rings. The van der Waals surface area contributed by atoms with Crippen molar-refractivity contribution in [2.24, 2.45) is 0 Å². The van der Waals surface area contributed by atoms with Gasteiger partial charge in [0.25, 0.3) is 0 Å². The van der Waals surface area contributed by atoms with Crippen molar-refractivity contribution in [3.05, 3.63) is 59.2 Å². The van der Waals surface area contributed by atoms with Crippen LogP contribution in [0.25, 0.3) is 11.3 Å². The van der Waals surface area contributed by atoms with Gasteiger partial charge < -0.3 is 20.9 Å². The van der Waals surface area contributed by atoms with Crippen LogP contribution < -0.4 is 20.9 Å². The number of rotatable bonds is 5. The Morgan fingerprint density at radius 3 is 2.59 bits per heavy atom. The van der Waals surface area contributed by atoms with Crippen LogP contribution >= 0.6 is 0 Å². The third-order valence-electron chi connectivity index (χ3n) is 3.99. The second-order valence-corrected chi connectivity index (χ2v) is 5.92.